The summed E-state index contributed by atoms with van der Waals surface area (Å²) in [4.78, 5) is 69.7. The van der Waals surface area contributed by atoms with E-state index in [4.69, 9.17) is 37.9 Å². The van der Waals surface area contributed by atoms with Crippen molar-refractivity contribution in [2.45, 2.75) is 135 Å². The Kier molecular flexibility index (Phi) is 11.2. The van der Waals surface area contributed by atoms with Crippen molar-refractivity contribution in [2.75, 3.05) is 27.9 Å². The summed E-state index contributed by atoms with van der Waals surface area (Å²) in [5.74, 6) is -2.88. The third-order valence-corrected chi connectivity index (χ3v) is 13.4. The summed E-state index contributed by atoms with van der Waals surface area (Å²) < 4.78 is 47.7. The zero-order valence-corrected chi connectivity index (χ0v) is 35.8. The van der Waals surface area contributed by atoms with E-state index in [9.17, 15) is 29.4 Å². The number of hydrogen-bond donors (Lipinski definition) is 3. The highest BCUT2D eigenvalue weighted by atomic mass is 16.6. The van der Waals surface area contributed by atoms with Crippen molar-refractivity contribution in [1.29, 1.82) is 0 Å². The maximum absolute atomic E-state index is 15.4. The number of amides is 1. The van der Waals surface area contributed by atoms with E-state index in [1.54, 1.807) is 67.5 Å². The molecule has 3 saturated carbocycles. The molecule has 16 heteroatoms. The normalized spacial score (nSPS) is 36.4. The molecule has 1 aromatic carbocycles. The molecule has 1 aliphatic heterocycles. The third kappa shape index (κ3) is 6.14. The van der Waals surface area contributed by atoms with Crippen LogP contribution < -0.4 is 10.1 Å². The lowest BCUT2D eigenvalue weighted by Crippen LogP contribution is -3.00. The number of nitrogens with one attached hydrogen (secondary N) is 1. The fourth-order valence-corrected chi connectivity index (χ4v) is 11.3. The maximum atomic E-state index is 15.4. The molecule has 59 heavy (non-hydrogen) atoms. The molecular formula is C43H57NO15. The Balaban J connectivity index is 1.53. The average Bonchev–Trinajstić information content (AvgIpc) is 3.14. The predicted octanol–water partition coefficient (Wildman–Crippen LogP) is 3.53. The Morgan fingerprint density at radius 2 is 1.71 bits per heavy atom. The van der Waals surface area contributed by atoms with Gasteiger partial charge in [0.1, 0.15) is 41.4 Å². The van der Waals surface area contributed by atoms with E-state index < -0.39 is 112 Å². The molecule has 0 bridgehead atoms. The third-order valence-electron chi connectivity index (χ3n) is 13.4. The number of fused-ring (bicyclic) bond motifs is 1. The number of alkyl carbamates (subject to hydrolysis) is 1. The highest BCUT2D eigenvalue weighted by Crippen LogP contribution is 2.86. The van der Waals surface area contributed by atoms with Crippen LogP contribution in [-0.4, -0.2) is 127 Å². The van der Waals surface area contributed by atoms with Crippen LogP contribution in [-0.2, 0) is 47.5 Å². The first-order chi connectivity index (χ1) is 27.4. The molecule has 6 rings (SSSR count). The van der Waals surface area contributed by atoms with Gasteiger partial charge in [0.15, 0.2) is 17.5 Å². The Labute approximate surface area is 343 Å². The summed E-state index contributed by atoms with van der Waals surface area (Å²) >= 11 is 0. The molecule has 12 atom stereocenters. The lowest BCUT2D eigenvalue weighted by molar-refractivity contribution is -0.473. The molecule has 16 nitrogen and oxygen atoms in total. The molecule has 1 heterocycles. The molecule has 3 N–H and O–H groups in total. The van der Waals surface area contributed by atoms with E-state index in [1.165, 1.54) is 46.5 Å². The van der Waals surface area contributed by atoms with E-state index in [0.29, 0.717) is 16.9 Å². The average molecular weight is 828 g/mol. The molecule has 1 aromatic rings. The van der Waals surface area contributed by atoms with Crippen molar-refractivity contribution in [2.24, 2.45) is 16.2 Å². The van der Waals surface area contributed by atoms with Crippen LogP contribution in [0, 0.1) is 16.2 Å². The first-order valence-corrected chi connectivity index (χ1v) is 19.7. The van der Waals surface area contributed by atoms with Gasteiger partial charge in [-0.1, -0.05) is 24.6 Å². The van der Waals surface area contributed by atoms with Gasteiger partial charge in [0.25, 0.3) is 0 Å². The lowest BCUT2D eigenvalue weighted by Gasteiger charge is -2.86. The maximum Gasteiger partial charge on any atom is 0.408 e. The smallest absolute Gasteiger partial charge is 0.408 e. The Morgan fingerprint density at radius 3 is 2.25 bits per heavy atom. The molecule has 324 valence electrons. The fraction of sp³-hybridized carbons (Fsp3) is 0.651. The van der Waals surface area contributed by atoms with Crippen LogP contribution in [0.1, 0.15) is 85.5 Å². The van der Waals surface area contributed by atoms with Crippen molar-refractivity contribution < 1.29 is 72.1 Å². The van der Waals surface area contributed by atoms with Gasteiger partial charge in [-0.25, -0.2) is 14.4 Å². The second-order valence-electron chi connectivity index (χ2n) is 17.9. The topological polar surface area (TPSA) is 212 Å². The summed E-state index contributed by atoms with van der Waals surface area (Å²) in [6.45, 7) is 14.5. The van der Waals surface area contributed by atoms with Crippen LogP contribution in [0.3, 0.4) is 0 Å². The number of ether oxygens (including phenoxy) is 8. The van der Waals surface area contributed by atoms with Crippen LogP contribution in [0.15, 0.2) is 47.1 Å². The largest absolute Gasteiger partial charge is 0.497 e. The van der Waals surface area contributed by atoms with E-state index in [1.807, 2.05) is 0 Å². The van der Waals surface area contributed by atoms with Crippen molar-refractivity contribution >= 4 is 29.8 Å². The van der Waals surface area contributed by atoms with Gasteiger partial charge in [0.05, 0.1) is 42.3 Å². The molecule has 1 saturated heterocycles. The number of aliphatic hydroxyl groups excluding tert-OH is 1. The number of methoxy groups -OCH3 is 3. The Hall–Kier alpha value is -4.35. The summed E-state index contributed by atoms with van der Waals surface area (Å²) in [5.41, 5.74) is -8.40. The number of ketones is 1. The van der Waals surface area contributed by atoms with Gasteiger partial charge in [0.2, 0.25) is 0 Å². The van der Waals surface area contributed by atoms with Crippen LogP contribution in [0.4, 0.5) is 4.79 Å². The zero-order chi connectivity index (χ0) is 43.8. The molecule has 4 fully saturated rings. The summed E-state index contributed by atoms with van der Waals surface area (Å²) in [6, 6.07) is 4.91. The summed E-state index contributed by atoms with van der Waals surface area (Å²) in [5, 5.41) is 27.4. The highest BCUT2D eigenvalue weighted by Gasteiger charge is 2.99. The van der Waals surface area contributed by atoms with E-state index in [0.717, 1.165) is 0 Å². The first kappa shape index (κ1) is 44.2. The molecular weight excluding hydrogens is 770 g/mol. The number of rotatable bonds is 11. The number of carbonyl (C=O) groups excluding carboxylic acids is 5. The minimum atomic E-state index is -2.15. The summed E-state index contributed by atoms with van der Waals surface area (Å²) in [6.07, 6.45) is -7.70. The molecule has 1 spiro atoms. The van der Waals surface area contributed by atoms with Crippen molar-refractivity contribution in [3.8, 4) is 5.75 Å². The van der Waals surface area contributed by atoms with Gasteiger partial charge in [-0.3, -0.25) is 9.59 Å². The molecule has 1 amide bonds. The number of esters is 3. The van der Waals surface area contributed by atoms with Crippen LogP contribution >= 0.6 is 0 Å². The van der Waals surface area contributed by atoms with E-state index in [2.05, 4.69) is 5.32 Å². The molecule has 1 unspecified atom stereocenters. The highest BCUT2D eigenvalue weighted by molar-refractivity contribution is 5.98. The number of Topliss-reactive ketones (excluding diaryl/α,β-unsaturated/α-hetero) is 1. The number of carbonyl (C=O) groups is 5. The minimum Gasteiger partial charge on any atom is -0.497 e. The predicted molar refractivity (Wildman–Crippen MR) is 207 cm³/mol. The van der Waals surface area contributed by atoms with Crippen molar-refractivity contribution in [1.82, 2.24) is 5.32 Å². The van der Waals surface area contributed by atoms with Crippen molar-refractivity contribution in [3.05, 3.63) is 52.6 Å². The van der Waals surface area contributed by atoms with Gasteiger partial charge in [-0.05, 0) is 77.8 Å². The first-order valence-electron chi connectivity index (χ1n) is 19.7. The van der Waals surface area contributed by atoms with Gasteiger partial charge in [-0.2, -0.15) is 0 Å². The van der Waals surface area contributed by atoms with Gasteiger partial charge in [0, 0.05) is 39.4 Å². The molecule has 0 aromatic heterocycles. The van der Waals surface area contributed by atoms with Crippen LogP contribution in [0.2, 0.25) is 0 Å². The number of allylic oxidation sites excluding steroid dienone is 1. The summed E-state index contributed by atoms with van der Waals surface area (Å²) in [7, 11) is 4.22. The zero-order valence-electron chi connectivity index (χ0n) is 35.8. The standard InChI is InChI=1S/C43H57NO15/c1-21(2)16-26(44-37(50)59-38(5,6)7)31(46)35(49)56-27-19-41(51)36(57-34(48)24-14-13-15-25(17-24)52-10)43-39(8,33(47)32(54-12)30(22(27)3)40(41,43)9)28(53-11)18-29-42(43,20-55-29)58-23(4)45/h13-17,26-29,31-32,36,46,51H,18-20H2,1-12H3,(H,44,50)/t26-,27-,28-,29+,31+,32+,36+,39-,40-,41+,42-,43?/m0/s1. The number of benzene rings is 1. The minimum absolute atomic E-state index is 0.0651. The number of aliphatic hydroxyl groups is 2. The van der Waals surface area contributed by atoms with Gasteiger partial charge < -0.3 is 53.4 Å². The van der Waals surface area contributed by atoms with E-state index in [-0.39, 0.29) is 24.2 Å². The van der Waals surface area contributed by atoms with Gasteiger partial charge in [-0.15, -0.1) is 0 Å². The van der Waals surface area contributed by atoms with E-state index >= 15 is 4.79 Å². The second-order valence-corrected chi connectivity index (χ2v) is 17.9. The quantitative estimate of drug-likeness (QED) is 0.166. The molecule has 5 aliphatic rings. The Morgan fingerprint density at radius 1 is 1.03 bits per heavy atom. The lowest BCUT2D eigenvalue weighted by atomic mass is 9.20. The SMILES string of the molecule is COc1cccc(C(=O)O[C@H]2C34[C@]5(OC(C)=O)CO[C@@H]5C[C@H](OC)[C@@]3(C)C(=O)[C@H](OC)C3=C(C)[C@@H](OC(=O)[C@H](O)[C@H](C=C(C)C)NC(=O)OC(C)(C)C)C[C@]2(O)[C@]34C)c1. The Bertz CT molecular complexity index is 1980. The monoisotopic (exact) mass is 827 g/mol. The van der Waals surface area contributed by atoms with Gasteiger partial charge >= 0.3 is 24.0 Å². The number of hydrogen-bond acceptors (Lipinski definition) is 15. The molecule has 0 radical (unpaired) electrons. The fourth-order valence-electron chi connectivity index (χ4n) is 11.3. The van der Waals surface area contributed by atoms with Crippen molar-refractivity contribution in [3.63, 3.8) is 0 Å². The second kappa shape index (κ2) is 15.0. The van der Waals surface area contributed by atoms with Crippen LogP contribution in [0.5, 0.6) is 5.75 Å². The van der Waals surface area contributed by atoms with Crippen LogP contribution in [0.25, 0.3) is 0 Å². The molecule has 4 aliphatic carbocycles.